The maximum Gasteiger partial charge on any atom is 0.163 e. The molecule has 2 aliphatic carbocycles. The minimum absolute atomic E-state index is 0.0422. The molecule has 3 heteroatoms. The third-order valence-corrected chi connectivity index (χ3v) is 4.87. The number of ketones is 1. The highest BCUT2D eigenvalue weighted by atomic mass is 16.5. The van der Waals surface area contributed by atoms with Crippen LogP contribution in [0.25, 0.3) is 0 Å². The van der Waals surface area contributed by atoms with Crippen LogP contribution in [0.1, 0.15) is 66.2 Å². The molecule has 1 heterocycles. The molecular formula is C17H27NO2. The van der Waals surface area contributed by atoms with Crippen LogP contribution in [-0.4, -0.2) is 17.6 Å². The third-order valence-electron chi connectivity index (χ3n) is 4.87. The van der Waals surface area contributed by atoms with Gasteiger partial charge in [0, 0.05) is 37.3 Å². The minimum Gasteiger partial charge on any atom is -0.477 e. The maximum absolute atomic E-state index is 12.5. The number of nitrogens with one attached hydrogen (secondary N) is 1. The number of hydrogen-bond acceptors (Lipinski definition) is 3. The highest BCUT2D eigenvalue weighted by Crippen LogP contribution is 2.50. The van der Waals surface area contributed by atoms with Gasteiger partial charge in [0.15, 0.2) is 11.5 Å². The van der Waals surface area contributed by atoms with Crippen molar-refractivity contribution in [2.45, 2.75) is 78.0 Å². The maximum atomic E-state index is 12.5. The summed E-state index contributed by atoms with van der Waals surface area (Å²) in [6.07, 6.45) is 5.92. The summed E-state index contributed by atoms with van der Waals surface area (Å²) >= 11 is 0. The smallest absolute Gasteiger partial charge is 0.163 e. The molecule has 0 spiro atoms. The largest absolute Gasteiger partial charge is 0.477 e. The number of rotatable bonds is 2. The van der Waals surface area contributed by atoms with Crippen molar-refractivity contribution in [1.82, 2.24) is 5.32 Å². The van der Waals surface area contributed by atoms with Gasteiger partial charge in [-0.3, -0.25) is 10.1 Å². The van der Waals surface area contributed by atoms with Gasteiger partial charge in [-0.2, -0.15) is 0 Å². The molecule has 0 aromatic carbocycles. The zero-order valence-corrected chi connectivity index (χ0v) is 13.2. The number of allylic oxidation sites excluding steroid dienone is 2. The van der Waals surface area contributed by atoms with Crippen LogP contribution in [0.2, 0.25) is 0 Å². The van der Waals surface area contributed by atoms with Gasteiger partial charge in [-0.1, -0.05) is 13.8 Å². The molecule has 0 aromatic heterocycles. The van der Waals surface area contributed by atoms with Gasteiger partial charge in [-0.25, -0.2) is 0 Å². The second kappa shape index (κ2) is 4.59. The average molecular weight is 277 g/mol. The third kappa shape index (κ3) is 2.41. The van der Waals surface area contributed by atoms with Crippen LogP contribution in [0.4, 0.5) is 0 Å². The van der Waals surface area contributed by atoms with E-state index >= 15 is 0 Å². The molecule has 3 rings (SSSR count). The Morgan fingerprint density at radius 2 is 2.05 bits per heavy atom. The van der Waals surface area contributed by atoms with E-state index in [-0.39, 0.29) is 11.1 Å². The zero-order valence-electron chi connectivity index (χ0n) is 13.2. The lowest BCUT2D eigenvalue weighted by Crippen LogP contribution is -2.56. The molecule has 1 fully saturated rings. The van der Waals surface area contributed by atoms with E-state index in [2.05, 4.69) is 33.0 Å². The van der Waals surface area contributed by atoms with Crippen LogP contribution in [0.15, 0.2) is 11.3 Å². The highest BCUT2D eigenvalue weighted by Gasteiger charge is 2.49. The van der Waals surface area contributed by atoms with Crippen molar-refractivity contribution in [3.8, 4) is 0 Å². The summed E-state index contributed by atoms with van der Waals surface area (Å²) in [5, 5.41) is 3.63. The normalized spacial score (nSPS) is 35.9. The second-order valence-corrected chi connectivity index (χ2v) is 7.97. The molecule has 1 aliphatic heterocycles. The molecule has 3 aliphatic rings. The van der Waals surface area contributed by atoms with Gasteiger partial charge in [-0.05, 0) is 38.0 Å². The summed E-state index contributed by atoms with van der Waals surface area (Å²) in [7, 11) is 0. The van der Waals surface area contributed by atoms with Crippen molar-refractivity contribution >= 4 is 5.78 Å². The van der Waals surface area contributed by atoms with Gasteiger partial charge in [0.25, 0.3) is 0 Å². The van der Waals surface area contributed by atoms with Crippen LogP contribution in [-0.2, 0) is 9.53 Å². The summed E-state index contributed by atoms with van der Waals surface area (Å²) in [6, 6.07) is 0.406. The van der Waals surface area contributed by atoms with Crippen LogP contribution in [0.5, 0.6) is 0 Å². The van der Waals surface area contributed by atoms with Crippen LogP contribution in [0.3, 0.4) is 0 Å². The van der Waals surface area contributed by atoms with Crippen molar-refractivity contribution in [1.29, 1.82) is 0 Å². The fourth-order valence-electron chi connectivity index (χ4n) is 4.32. The number of carbonyl (C=O) groups excluding carboxylic acids is 1. The molecule has 0 aromatic rings. The first-order chi connectivity index (χ1) is 9.30. The summed E-state index contributed by atoms with van der Waals surface area (Å²) in [5.41, 5.74) is 0.856. The Hall–Kier alpha value is -0.830. The van der Waals surface area contributed by atoms with Crippen LogP contribution >= 0.6 is 0 Å². The van der Waals surface area contributed by atoms with E-state index in [9.17, 15) is 4.79 Å². The Kier molecular flexibility index (Phi) is 3.24. The molecule has 3 nitrogen and oxygen atoms in total. The number of fused-ring (bicyclic) bond motifs is 3. The van der Waals surface area contributed by atoms with Gasteiger partial charge in [0.05, 0.1) is 0 Å². The Labute approximate surface area is 122 Å². The molecule has 0 amide bonds. The summed E-state index contributed by atoms with van der Waals surface area (Å²) in [6.45, 7) is 8.68. The van der Waals surface area contributed by atoms with Gasteiger partial charge in [0.1, 0.15) is 5.76 Å². The molecule has 2 bridgehead atoms. The molecule has 0 saturated heterocycles. The lowest BCUT2D eigenvalue weighted by molar-refractivity contribution is -0.129. The first-order valence-electron chi connectivity index (χ1n) is 8.03. The van der Waals surface area contributed by atoms with E-state index < -0.39 is 0 Å². The Morgan fingerprint density at radius 3 is 2.75 bits per heavy atom. The molecule has 1 N–H and O–H groups in total. The second-order valence-electron chi connectivity index (χ2n) is 7.97. The summed E-state index contributed by atoms with van der Waals surface area (Å²) < 4.78 is 6.41. The first-order valence-corrected chi connectivity index (χ1v) is 8.03. The monoisotopic (exact) mass is 277 g/mol. The Morgan fingerprint density at radius 1 is 1.30 bits per heavy atom. The van der Waals surface area contributed by atoms with Crippen molar-refractivity contribution in [2.75, 3.05) is 0 Å². The van der Waals surface area contributed by atoms with E-state index in [0.29, 0.717) is 24.2 Å². The predicted octanol–water partition coefficient (Wildman–Crippen LogP) is 3.54. The van der Waals surface area contributed by atoms with Crippen molar-refractivity contribution in [3.05, 3.63) is 11.3 Å². The van der Waals surface area contributed by atoms with E-state index in [1.807, 2.05) is 0 Å². The van der Waals surface area contributed by atoms with Crippen molar-refractivity contribution in [2.24, 2.45) is 11.3 Å². The fourth-order valence-corrected chi connectivity index (χ4v) is 4.32. The van der Waals surface area contributed by atoms with Gasteiger partial charge >= 0.3 is 0 Å². The summed E-state index contributed by atoms with van der Waals surface area (Å²) in [4.78, 5) is 12.5. The van der Waals surface area contributed by atoms with E-state index in [1.54, 1.807) is 0 Å². The average Bonchev–Trinajstić information content (AvgIpc) is 2.23. The topological polar surface area (TPSA) is 38.3 Å². The van der Waals surface area contributed by atoms with Crippen LogP contribution < -0.4 is 5.32 Å². The quantitative estimate of drug-likeness (QED) is 0.839. The Bertz CT molecular complexity index is 464. The SMILES string of the molecule is CC(C)NC12CCCC(C1)C1=C(CC(C)(C)CC1=O)O2. The number of Topliss-reactive ketones (excluding diaryl/α,β-unsaturated/α-hetero) is 1. The molecule has 2 atom stereocenters. The fraction of sp³-hybridized carbons (Fsp3) is 0.824. The lowest BCUT2D eigenvalue weighted by atomic mass is 9.68. The molecule has 1 saturated carbocycles. The molecular weight excluding hydrogens is 250 g/mol. The first kappa shape index (κ1) is 14.1. The molecule has 2 unspecified atom stereocenters. The Balaban J connectivity index is 1.96. The van der Waals surface area contributed by atoms with Gasteiger partial charge in [0.2, 0.25) is 0 Å². The predicted molar refractivity (Wildman–Crippen MR) is 79.1 cm³/mol. The van der Waals surface area contributed by atoms with E-state index in [0.717, 1.165) is 43.4 Å². The van der Waals surface area contributed by atoms with Gasteiger partial charge < -0.3 is 4.74 Å². The minimum atomic E-state index is -0.219. The number of hydrogen-bond donors (Lipinski definition) is 1. The molecule has 0 radical (unpaired) electrons. The van der Waals surface area contributed by atoms with E-state index in [1.165, 1.54) is 0 Å². The number of carbonyl (C=O) groups is 1. The van der Waals surface area contributed by atoms with Gasteiger partial charge in [-0.15, -0.1) is 0 Å². The van der Waals surface area contributed by atoms with Crippen molar-refractivity contribution in [3.63, 3.8) is 0 Å². The zero-order chi connectivity index (χ0) is 14.5. The van der Waals surface area contributed by atoms with Crippen molar-refractivity contribution < 1.29 is 9.53 Å². The highest BCUT2D eigenvalue weighted by molar-refractivity contribution is 5.97. The molecule has 20 heavy (non-hydrogen) atoms. The molecule has 112 valence electrons. The number of ether oxygens (including phenoxy) is 1. The van der Waals surface area contributed by atoms with E-state index in [4.69, 9.17) is 4.74 Å². The lowest BCUT2D eigenvalue weighted by Gasteiger charge is -2.50. The summed E-state index contributed by atoms with van der Waals surface area (Å²) in [5.74, 6) is 1.75. The standard InChI is InChI=1S/C17H27NO2/c1-11(2)18-17-7-5-6-12(8-17)15-13(19)9-16(3,4)10-14(15)20-17/h11-12,18H,5-10H2,1-4H3. The van der Waals surface area contributed by atoms with Crippen LogP contribution in [0, 0.1) is 11.3 Å².